The summed E-state index contributed by atoms with van der Waals surface area (Å²) in [7, 11) is 0. The molecule has 0 fully saturated rings. The zero-order valence-electron chi connectivity index (χ0n) is 15.5. The van der Waals surface area contributed by atoms with Crippen molar-refractivity contribution < 1.29 is 9.90 Å². The minimum Gasteiger partial charge on any atom is -0.508 e. The van der Waals surface area contributed by atoms with E-state index in [-0.39, 0.29) is 11.7 Å². The standard InChI is InChI=1S/C21H25N3O2/c1-4-24(5-2)13-15-11-16(9-10-19(15)25)22-12-17-20-14(3)7-6-8-18(20)23-21(17)26/h6-12,22,25H,4-5,13H2,1-3H3,(H,23,26)/b17-12+. The van der Waals surface area contributed by atoms with Gasteiger partial charge in [-0.2, -0.15) is 0 Å². The Kier molecular flexibility index (Phi) is 5.28. The Labute approximate surface area is 154 Å². The molecule has 1 heterocycles. The fourth-order valence-corrected chi connectivity index (χ4v) is 3.22. The molecule has 3 N–H and O–H groups in total. The number of fused-ring (bicyclic) bond motifs is 1. The van der Waals surface area contributed by atoms with Crippen LogP contribution in [0.2, 0.25) is 0 Å². The average Bonchev–Trinajstić information content (AvgIpc) is 2.96. The highest BCUT2D eigenvalue weighted by molar-refractivity contribution is 6.32. The predicted octanol–water partition coefficient (Wildman–Crippen LogP) is 3.95. The molecule has 3 rings (SSSR count). The third kappa shape index (κ3) is 3.58. The topological polar surface area (TPSA) is 64.6 Å². The normalized spacial score (nSPS) is 14.6. The van der Waals surface area contributed by atoms with Gasteiger partial charge in [-0.05, 0) is 49.8 Å². The molecule has 5 nitrogen and oxygen atoms in total. The molecule has 0 radical (unpaired) electrons. The molecule has 0 spiro atoms. The second-order valence-electron chi connectivity index (χ2n) is 6.46. The maximum absolute atomic E-state index is 12.3. The Balaban J connectivity index is 1.84. The van der Waals surface area contributed by atoms with Crippen molar-refractivity contribution >= 4 is 22.9 Å². The van der Waals surface area contributed by atoms with Gasteiger partial charge in [0.15, 0.2) is 0 Å². The van der Waals surface area contributed by atoms with Gasteiger partial charge in [-0.1, -0.05) is 26.0 Å². The second kappa shape index (κ2) is 7.62. The zero-order chi connectivity index (χ0) is 18.7. The van der Waals surface area contributed by atoms with E-state index in [2.05, 4.69) is 29.4 Å². The van der Waals surface area contributed by atoms with Gasteiger partial charge in [0.05, 0.1) is 5.57 Å². The maximum Gasteiger partial charge on any atom is 0.257 e. The lowest BCUT2D eigenvalue weighted by molar-refractivity contribution is -0.110. The number of anilines is 2. The van der Waals surface area contributed by atoms with Crippen LogP contribution in [0.5, 0.6) is 5.75 Å². The van der Waals surface area contributed by atoms with E-state index >= 15 is 0 Å². The summed E-state index contributed by atoms with van der Waals surface area (Å²) in [6.07, 6.45) is 1.74. The van der Waals surface area contributed by atoms with Crippen LogP contribution in [-0.2, 0) is 11.3 Å². The SMILES string of the molecule is CCN(CC)Cc1cc(N/C=C2/C(=O)Nc3cccc(C)c32)ccc1O. The first-order chi connectivity index (χ1) is 12.5. The summed E-state index contributed by atoms with van der Waals surface area (Å²) in [4.78, 5) is 14.5. The fourth-order valence-electron chi connectivity index (χ4n) is 3.22. The van der Waals surface area contributed by atoms with E-state index < -0.39 is 0 Å². The molecular weight excluding hydrogens is 326 g/mol. The Morgan fingerprint density at radius 1 is 1.19 bits per heavy atom. The van der Waals surface area contributed by atoms with Crippen LogP contribution < -0.4 is 10.6 Å². The molecule has 1 aliphatic rings. The Morgan fingerprint density at radius 2 is 1.96 bits per heavy atom. The molecule has 0 atom stereocenters. The molecule has 1 amide bonds. The van der Waals surface area contributed by atoms with Gasteiger partial charge in [0.1, 0.15) is 5.75 Å². The molecule has 0 aromatic heterocycles. The largest absolute Gasteiger partial charge is 0.508 e. The number of nitrogens with zero attached hydrogens (tertiary/aromatic N) is 1. The van der Waals surface area contributed by atoms with Crippen molar-refractivity contribution in [2.75, 3.05) is 23.7 Å². The minimum atomic E-state index is -0.107. The summed E-state index contributed by atoms with van der Waals surface area (Å²) in [6, 6.07) is 11.3. The molecule has 0 bridgehead atoms. The number of nitrogens with one attached hydrogen (secondary N) is 2. The first kappa shape index (κ1) is 18.0. The van der Waals surface area contributed by atoms with Crippen molar-refractivity contribution in [2.45, 2.75) is 27.3 Å². The number of amides is 1. The number of hydrogen-bond acceptors (Lipinski definition) is 4. The van der Waals surface area contributed by atoms with E-state index in [1.54, 1.807) is 12.3 Å². The van der Waals surface area contributed by atoms with E-state index in [4.69, 9.17) is 0 Å². The summed E-state index contributed by atoms with van der Waals surface area (Å²) >= 11 is 0. The molecule has 2 aromatic carbocycles. The Hall–Kier alpha value is -2.79. The quantitative estimate of drug-likeness (QED) is 0.545. The van der Waals surface area contributed by atoms with Crippen LogP contribution in [0.4, 0.5) is 11.4 Å². The number of phenolic OH excluding ortho intramolecular Hbond substituents is 1. The van der Waals surface area contributed by atoms with E-state index in [0.717, 1.165) is 41.2 Å². The van der Waals surface area contributed by atoms with E-state index in [9.17, 15) is 9.90 Å². The van der Waals surface area contributed by atoms with Crippen LogP contribution in [0.25, 0.3) is 5.57 Å². The summed E-state index contributed by atoms with van der Waals surface area (Å²) in [6.45, 7) is 8.74. The van der Waals surface area contributed by atoms with Crippen molar-refractivity contribution in [1.82, 2.24) is 4.90 Å². The molecule has 5 heteroatoms. The van der Waals surface area contributed by atoms with Gasteiger partial charge in [0, 0.05) is 35.2 Å². The molecule has 0 aliphatic carbocycles. The van der Waals surface area contributed by atoms with Crippen molar-refractivity contribution in [3.63, 3.8) is 0 Å². The lowest BCUT2D eigenvalue weighted by Gasteiger charge is -2.19. The minimum absolute atomic E-state index is 0.107. The number of aryl methyl sites for hydroxylation is 1. The van der Waals surface area contributed by atoms with Gasteiger partial charge in [0.2, 0.25) is 0 Å². The summed E-state index contributed by atoms with van der Waals surface area (Å²) < 4.78 is 0. The Morgan fingerprint density at radius 3 is 2.69 bits per heavy atom. The molecular formula is C21H25N3O2. The van der Waals surface area contributed by atoms with E-state index in [1.165, 1.54) is 0 Å². The fraction of sp³-hybridized carbons (Fsp3) is 0.286. The smallest absolute Gasteiger partial charge is 0.257 e. The number of carbonyl (C=O) groups is 1. The van der Waals surface area contributed by atoms with Gasteiger partial charge < -0.3 is 15.7 Å². The molecule has 0 unspecified atom stereocenters. The van der Waals surface area contributed by atoms with Gasteiger partial charge in [-0.3, -0.25) is 9.69 Å². The lowest BCUT2D eigenvalue weighted by Crippen LogP contribution is -2.22. The van der Waals surface area contributed by atoms with E-state index in [1.807, 2.05) is 37.3 Å². The molecule has 26 heavy (non-hydrogen) atoms. The summed E-state index contributed by atoms with van der Waals surface area (Å²) in [5, 5.41) is 16.2. The number of carbonyl (C=O) groups excluding carboxylic acids is 1. The molecule has 136 valence electrons. The van der Waals surface area contributed by atoms with Gasteiger partial charge in [-0.25, -0.2) is 0 Å². The monoisotopic (exact) mass is 351 g/mol. The van der Waals surface area contributed by atoms with Crippen LogP contribution in [0.3, 0.4) is 0 Å². The van der Waals surface area contributed by atoms with Crippen LogP contribution in [0.1, 0.15) is 30.5 Å². The predicted molar refractivity (Wildman–Crippen MR) is 106 cm³/mol. The highest BCUT2D eigenvalue weighted by Crippen LogP contribution is 2.34. The first-order valence-electron chi connectivity index (χ1n) is 8.95. The van der Waals surface area contributed by atoms with Crippen LogP contribution in [0, 0.1) is 6.92 Å². The van der Waals surface area contributed by atoms with Crippen molar-refractivity contribution in [3.05, 3.63) is 59.3 Å². The highest BCUT2D eigenvalue weighted by Gasteiger charge is 2.25. The number of aromatic hydroxyl groups is 1. The molecule has 0 saturated carbocycles. The highest BCUT2D eigenvalue weighted by atomic mass is 16.3. The second-order valence-corrected chi connectivity index (χ2v) is 6.46. The van der Waals surface area contributed by atoms with E-state index in [0.29, 0.717) is 12.1 Å². The van der Waals surface area contributed by atoms with Gasteiger partial charge in [0.25, 0.3) is 5.91 Å². The molecule has 2 aromatic rings. The van der Waals surface area contributed by atoms with Crippen LogP contribution >= 0.6 is 0 Å². The number of rotatable bonds is 6. The van der Waals surface area contributed by atoms with Crippen molar-refractivity contribution in [2.24, 2.45) is 0 Å². The third-order valence-electron chi connectivity index (χ3n) is 4.79. The van der Waals surface area contributed by atoms with Crippen LogP contribution in [-0.4, -0.2) is 29.0 Å². The lowest BCUT2D eigenvalue weighted by atomic mass is 10.0. The summed E-state index contributed by atoms with van der Waals surface area (Å²) in [5.41, 5.74) is 5.17. The Bertz CT molecular complexity index is 854. The molecule has 0 saturated heterocycles. The van der Waals surface area contributed by atoms with Crippen molar-refractivity contribution in [3.8, 4) is 5.75 Å². The number of benzene rings is 2. The van der Waals surface area contributed by atoms with Crippen molar-refractivity contribution in [1.29, 1.82) is 0 Å². The average molecular weight is 351 g/mol. The third-order valence-corrected chi connectivity index (χ3v) is 4.79. The van der Waals surface area contributed by atoms with Crippen LogP contribution in [0.15, 0.2) is 42.6 Å². The summed E-state index contributed by atoms with van der Waals surface area (Å²) in [5.74, 6) is 0.179. The number of phenols is 1. The maximum atomic E-state index is 12.3. The zero-order valence-corrected chi connectivity index (χ0v) is 15.5. The van der Waals surface area contributed by atoms with Gasteiger partial charge >= 0.3 is 0 Å². The molecule has 1 aliphatic heterocycles. The first-order valence-corrected chi connectivity index (χ1v) is 8.95. The number of hydrogen-bond donors (Lipinski definition) is 3. The van der Waals surface area contributed by atoms with Gasteiger partial charge in [-0.15, -0.1) is 0 Å².